The van der Waals surface area contributed by atoms with Crippen molar-refractivity contribution in [2.75, 3.05) is 5.32 Å². The van der Waals surface area contributed by atoms with Crippen LogP contribution in [0.2, 0.25) is 0 Å². The fourth-order valence-corrected chi connectivity index (χ4v) is 4.42. The predicted molar refractivity (Wildman–Crippen MR) is 102 cm³/mol. The maximum atomic E-state index is 12.9. The molecule has 2 N–H and O–H groups in total. The van der Waals surface area contributed by atoms with Crippen molar-refractivity contribution in [2.24, 2.45) is 5.92 Å². The molecule has 3 aliphatic rings. The third-order valence-electron chi connectivity index (χ3n) is 6.02. The fraction of sp³-hybridized carbons (Fsp3) is 0.524. The van der Waals surface area contributed by atoms with Crippen LogP contribution in [0.3, 0.4) is 0 Å². The van der Waals surface area contributed by atoms with E-state index >= 15 is 0 Å². The Kier molecular flexibility index (Phi) is 5.15. The van der Waals surface area contributed by atoms with Crippen LogP contribution >= 0.6 is 0 Å². The Morgan fingerprint density at radius 3 is 2.50 bits per heavy atom. The molecule has 1 aromatic rings. The van der Waals surface area contributed by atoms with Gasteiger partial charge in [0, 0.05) is 30.1 Å². The largest absolute Gasteiger partial charge is 0.326 e. The van der Waals surface area contributed by atoms with Crippen molar-refractivity contribution in [1.82, 2.24) is 10.2 Å². The average molecular weight is 383 g/mol. The van der Waals surface area contributed by atoms with Crippen LogP contribution in [0.5, 0.6) is 0 Å². The van der Waals surface area contributed by atoms with E-state index in [1.54, 1.807) is 6.07 Å². The molecule has 1 aromatic carbocycles. The predicted octanol–water partition coefficient (Wildman–Crippen LogP) is 2.36. The van der Waals surface area contributed by atoms with E-state index in [4.69, 9.17) is 0 Å². The Labute approximate surface area is 163 Å². The molecule has 1 saturated carbocycles. The van der Waals surface area contributed by atoms with Crippen molar-refractivity contribution < 1.29 is 19.2 Å². The minimum atomic E-state index is -0.623. The van der Waals surface area contributed by atoms with Gasteiger partial charge in [0.05, 0.1) is 0 Å². The molecular formula is C21H25N3O4. The minimum Gasteiger partial charge on any atom is -0.326 e. The van der Waals surface area contributed by atoms with Gasteiger partial charge in [-0.3, -0.25) is 24.5 Å². The van der Waals surface area contributed by atoms with Gasteiger partial charge in [0.2, 0.25) is 17.7 Å². The smallest absolute Gasteiger partial charge is 0.255 e. The normalized spacial score (nSPS) is 23.2. The van der Waals surface area contributed by atoms with E-state index in [2.05, 4.69) is 10.6 Å². The fourth-order valence-electron chi connectivity index (χ4n) is 4.42. The number of nitrogens with zero attached hydrogens (tertiary/aromatic N) is 1. The summed E-state index contributed by atoms with van der Waals surface area (Å²) < 4.78 is 0. The van der Waals surface area contributed by atoms with E-state index in [1.807, 2.05) is 12.1 Å². The molecule has 2 fully saturated rings. The van der Waals surface area contributed by atoms with Gasteiger partial charge in [-0.1, -0.05) is 31.7 Å². The number of nitrogens with one attached hydrogen (secondary N) is 2. The quantitative estimate of drug-likeness (QED) is 0.619. The van der Waals surface area contributed by atoms with Crippen molar-refractivity contribution in [3.8, 4) is 0 Å². The molecule has 1 atom stereocenters. The van der Waals surface area contributed by atoms with Gasteiger partial charge in [0.25, 0.3) is 5.91 Å². The minimum absolute atomic E-state index is 0.0225. The molecule has 0 radical (unpaired) electrons. The summed E-state index contributed by atoms with van der Waals surface area (Å²) >= 11 is 0. The first-order chi connectivity index (χ1) is 13.5. The van der Waals surface area contributed by atoms with Crippen molar-refractivity contribution >= 4 is 29.3 Å². The number of anilines is 1. The van der Waals surface area contributed by atoms with E-state index in [-0.39, 0.29) is 30.1 Å². The summed E-state index contributed by atoms with van der Waals surface area (Å²) in [6.45, 7) is 0.345. The second-order valence-electron chi connectivity index (χ2n) is 7.95. The van der Waals surface area contributed by atoms with Gasteiger partial charge in [0.15, 0.2) is 0 Å². The molecule has 1 saturated heterocycles. The molecule has 1 aliphatic carbocycles. The van der Waals surface area contributed by atoms with E-state index in [1.165, 1.54) is 17.7 Å². The standard InChI is InChI=1S/C21H25N3O4/c25-18-10-9-17(20(27)23-18)24-12-14-7-8-15(11-16(14)21(24)28)22-19(26)13-5-3-1-2-4-6-13/h7-8,11,13,17H,1-6,9-10,12H2,(H,22,26)(H,23,25,27). The summed E-state index contributed by atoms with van der Waals surface area (Å²) in [6, 6.07) is 4.73. The molecule has 1 unspecified atom stereocenters. The Morgan fingerprint density at radius 2 is 1.79 bits per heavy atom. The zero-order valence-electron chi connectivity index (χ0n) is 15.8. The van der Waals surface area contributed by atoms with Gasteiger partial charge in [-0.15, -0.1) is 0 Å². The molecule has 2 aliphatic heterocycles. The number of carbonyl (C=O) groups is 4. The summed E-state index contributed by atoms with van der Waals surface area (Å²) in [5, 5.41) is 5.27. The first kappa shape index (κ1) is 18.7. The lowest BCUT2D eigenvalue weighted by Gasteiger charge is -2.29. The number of imide groups is 1. The van der Waals surface area contributed by atoms with Gasteiger partial charge in [0.1, 0.15) is 6.04 Å². The number of fused-ring (bicyclic) bond motifs is 1. The van der Waals surface area contributed by atoms with Crippen molar-refractivity contribution in [1.29, 1.82) is 0 Å². The summed E-state index contributed by atoms with van der Waals surface area (Å²) in [5.41, 5.74) is 1.97. The monoisotopic (exact) mass is 383 g/mol. The van der Waals surface area contributed by atoms with Crippen LogP contribution < -0.4 is 10.6 Å². The number of piperidine rings is 1. The van der Waals surface area contributed by atoms with Gasteiger partial charge >= 0.3 is 0 Å². The second-order valence-corrected chi connectivity index (χ2v) is 7.95. The molecule has 7 nitrogen and oxygen atoms in total. The first-order valence-electron chi connectivity index (χ1n) is 10.1. The number of hydrogen-bond donors (Lipinski definition) is 2. The van der Waals surface area contributed by atoms with Gasteiger partial charge < -0.3 is 10.2 Å². The Balaban J connectivity index is 1.46. The molecular weight excluding hydrogens is 358 g/mol. The summed E-state index contributed by atoms with van der Waals surface area (Å²) in [7, 11) is 0. The van der Waals surface area contributed by atoms with E-state index in [0.29, 0.717) is 24.2 Å². The van der Waals surface area contributed by atoms with E-state index < -0.39 is 11.9 Å². The molecule has 4 amide bonds. The first-order valence-corrected chi connectivity index (χ1v) is 10.1. The van der Waals surface area contributed by atoms with Crippen LogP contribution in [0.25, 0.3) is 0 Å². The van der Waals surface area contributed by atoms with Crippen LogP contribution in [0.15, 0.2) is 18.2 Å². The van der Waals surface area contributed by atoms with Crippen LogP contribution in [-0.4, -0.2) is 34.6 Å². The zero-order chi connectivity index (χ0) is 19.7. The number of rotatable bonds is 3. The van der Waals surface area contributed by atoms with E-state index in [9.17, 15) is 19.2 Å². The third kappa shape index (κ3) is 3.66. The highest BCUT2D eigenvalue weighted by Crippen LogP contribution is 2.30. The average Bonchev–Trinajstić information content (AvgIpc) is 2.86. The summed E-state index contributed by atoms with van der Waals surface area (Å²) in [5.74, 6) is -0.885. The lowest BCUT2D eigenvalue weighted by molar-refractivity contribution is -0.137. The highest BCUT2D eigenvalue weighted by atomic mass is 16.2. The Morgan fingerprint density at radius 1 is 1.04 bits per heavy atom. The van der Waals surface area contributed by atoms with Crippen LogP contribution in [0.4, 0.5) is 5.69 Å². The number of benzene rings is 1. The van der Waals surface area contributed by atoms with Gasteiger partial charge in [-0.2, -0.15) is 0 Å². The molecule has 2 heterocycles. The highest BCUT2D eigenvalue weighted by molar-refractivity contribution is 6.06. The maximum Gasteiger partial charge on any atom is 0.255 e. The Hall–Kier alpha value is -2.70. The molecule has 0 spiro atoms. The molecule has 0 bridgehead atoms. The number of amides is 4. The topological polar surface area (TPSA) is 95.6 Å². The van der Waals surface area contributed by atoms with Gasteiger partial charge in [-0.05, 0) is 37.0 Å². The molecule has 0 aromatic heterocycles. The zero-order valence-corrected chi connectivity index (χ0v) is 15.8. The van der Waals surface area contributed by atoms with Gasteiger partial charge in [-0.25, -0.2) is 0 Å². The lowest BCUT2D eigenvalue weighted by atomic mass is 9.99. The van der Waals surface area contributed by atoms with E-state index in [0.717, 1.165) is 31.2 Å². The lowest BCUT2D eigenvalue weighted by Crippen LogP contribution is -2.52. The van der Waals surface area contributed by atoms with Crippen LogP contribution in [0, 0.1) is 5.92 Å². The summed E-state index contributed by atoms with van der Waals surface area (Å²) in [6.07, 6.45) is 6.96. The number of carbonyl (C=O) groups excluding carboxylic acids is 4. The molecule has 28 heavy (non-hydrogen) atoms. The third-order valence-corrected chi connectivity index (χ3v) is 6.02. The van der Waals surface area contributed by atoms with Crippen LogP contribution in [0.1, 0.15) is 67.3 Å². The van der Waals surface area contributed by atoms with Crippen molar-refractivity contribution in [3.05, 3.63) is 29.3 Å². The maximum absolute atomic E-state index is 12.9. The van der Waals surface area contributed by atoms with Crippen molar-refractivity contribution in [3.63, 3.8) is 0 Å². The Bertz CT molecular complexity index is 827. The molecule has 148 valence electrons. The van der Waals surface area contributed by atoms with Crippen LogP contribution in [-0.2, 0) is 20.9 Å². The molecule has 7 heteroatoms. The highest BCUT2D eigenvalue weighted by Gasteiger charge is 2.39. The number of hydrogen-bond acceptors (Lipinski definition) is 4. The van der Waals surface area contributed by atoms with Crippen molar-refractivity contribution in [2.45, 2.75) is 64.0 Å². The summed E-state index contributed by atoms with van der Waals surface area (Å²) in [4.78, 5) is 50.4. The molecule has 4 rings (SSSR count). The SMILES string of the molecule is O=C1CCC(N2Cc3ccc(NC(=O)C4CCCCCC4)cc3C2=O)C(=O)N1. The second kappa shape index (κ2) is 7.73.